The van der Waals surface area contributed by atoms with Gasteiger partial charge in [-0.25, -0.2) is 4.99 Å². The molecule has 0 spiro atoms. The van der Waals surface area contributed by atoms with Gasteiger partial charge >= 0.3 is 0 Å². The molecular weight excluding hydrogens is 306 g/mol. The Bertz CT molecular complexity index is 610. The number of hydrogen-bond acceptors (Lipinski definition) is 3. The van der Waals surface area contributed by atoms with Crippen LogP contribution in [0.15, 0.2) is 28.0 Å². The fourth-order valence-corrected chi connectivity index (χ4v) is 5.62. The van der Waals surface area contributed by atoms with E-state index in [9.17, 15) is 0 Å². The highest BCUT2D eigenvalue weighted by molar-refractivity contribution is 5.87. The minimum Gasteiger partial charge on any atom is -0.346 e. The molecule has 0 atom stereocenters. The molecule has 0 bridgehead atoms. The zero-order valence-electron chi connectivity index (χ0n) is 17.6. The summed E-state index contributed by atoms with van der Waals surface area (Å²) in [4.78, 5) is 7.46. The topological polar surface area (TPSA) is 27.6 Å². The zero-order chi connectivity index (χ0) is 18.7. The van der Waals surface area contributed by atoms with Crippen molar-refractivity contribution in [2.45, 2.75) is 110 Å². The van der Waals surface area contributed by atoms with Crippen molar-refractivity contribution in [3.05, 3.63) is 23.0 Å². The molecule has 3 nitrogen and oxygen atoms in total. The molecular formula is C22H37N3. The number of piperidine rings is 2. The van der Waals surface area contributed by atoms with Gasteiger partial charge in [0.1, 0.15) is 5.82 Å². The quantitative estimate of drug-likeness (QED) is 0.709. The van der Waals surface area contributed by atoms with Crippen LogP contribution < -0.4 is 5.32 Å². The van der Waals surface area contributed by atoms with Crippen molar-refractivity contribution in [2.75, 3.05) is 0 Å². The fraction of sp³-hybridized carbons (Fsp3) is 0.773. The smallest absolute Gasteiger partial charge is 0.130 e. The maximum absolute atomic E-state index is 4.89. The van der Waals surface area contributed by atoms with Crippen molar-refractivity contribution in [3.8, 4) is 0 Å². The van der Waals surface area contributed by atoms with Gasteiger partial charge < -0.3 is 10.2 Å². The van der Waals surface area contributed by atoms with Crippen LogP contribution in [0.5, 0.6) is 0 Å². The van der Waals surface area contributed by atoms with Gasteiger partial charge in [0.2, 0.25) is 0 Å². The second-order valence-corrected chi connectivity index (χ2v) is 10.9. The Hall–Kier alpha value is -1.09. The molecule has 0 amide bonds. The van der Waals surface area contributed by atoms with Crippen LogP contribution in [0.25, 0.3) is 0 Å². The van der Waals surface area contributed by atoms with Gasteiger partial charge in [0.05, 0.1) is 0 Å². The first-order chi connectivity index (χ1) is 11.3. The third-order valence-corrected chi connectivity index (χ3v) is 6.03. The van der Waals surface area contributed by atoms with Crippen LogP contribution in [0.1, 0.15) is 87.5 Å². The van der Waals surface area contributed by atoms with E-state index in [0.717, 1.165) is 18.7 Å². The lowest BCUT2D eigenvalue weighted by Crippen LogP contribution is -2.57. The molecule has 0 aromatic heterocycles. The summed E-state index contributed by atoms with van der Waals surface area (Å²) in [6.07, 6.45) is 10.4. The first-order valence-electron chi connectivity index (χ1n) is 9.89. The van der Waals surface area contributed by atoms with Gasteiger partial charge in [-0.1, -0.05) is 5.57 Å². The van der Waals surface area contributed by atoms with Crippen molar-refractivity contribution < 1.29 is 0 Å². The van der Waals surface area contributed by atoms with E-state index in [1.54, 1.807) is 5.57 Å². The fourth-order valence-electron chi connectivity index (χ4n) is 5.62. The Balaban J connectivity index is 1.96. The van der Waals surface area contributed by atoms with Crippen LogP contribution >= 0.6 is 0 Å². The lowest BCUT2D eigenvalue weighted by Gasteiger charge is -2.54. The van der Waals surface area contributed by atoms with Crippen LogP contribution in [0.4, 0.5) is 0 Å². The molecule has 0 aromatic carbocycles. The van der Waals surface area contributed by atoms with Gasteiger partial charge in [-0.05, 0) is 99.1 Å². The molecule has 3 rings (SSSR count). The lowest BCUT2D eigenvalue weighted by atomic mass is 9.77. The molecule has 140 valence electrons. The van der Waals surface area contributed by atoms with Crippen molar-refractivity contribution in [3.63, 3.8) is 0 Å². The SMILES string of the molecule is CC1(C)CC(=C2C=NC(N3C(C)(C)CCCC3(C)C)=C2)CC(C)(C)N1. The van der Waals surface area contributed by atoms with E-state index in [1.807, 2.05) is 0 Å². The molecule has 1 N–H and O–H groups in total. The van der Waals surface area contributed by atoms with Crippen molar-refractivity contribution in [2.24, 2.45) is 4.99 Å². The molecule has 3 aliphatic rings. The average molecular weight is 344 g/mol. The van der Waals surface area contributed by atoms with E-state index < -0.39 is 0 Å². The van der Waals surface area contributed by atoms with E-state index in [1.165, 1.54) is 24.8 Å². The normalized spacial score (nSPS) is 29.8. The number of allylic oxidation sites excluding steroid dienone is 2. The molecule has 0 aliphatic carbocycles. The third-order valence-electron chi connectivity index (χ3n) is 6.03. The van der Waals surface area contributed by atoms with Crippen molar-refractivity contribution in [1.29, 1.82) is 0 Å². The van der Waals surface area contributed by atoms with Crippen LogP contribution in [-0.4, -0.2) is 33.3 Å². The highest BCUT2D eigenvalue weighted by Crippen LogP contribution is 2.43. The monoisotopic (exact) mass is 343 g/mol. The molecule has 25 heavy (non-hydrogen) atoms. The van der Waals surface area contributed by atoms with Crippen LogP contribution in [0, 0.1) is 0 Å². The van der Waals surface area contributed by atoms with Gasteiger partial charge in [0, 0.05) is 28.4 Å². The summed E-state index contributed by atoms with van der Waals surface area (Å²) in [7, 11) is 0. The number of hydrogen-bond donors (Lipinski definition) is 1. The van der Waals surface area contributed by atoms with E-state index in [2.05, 4.69) is 77.9 Å². The van der Waals surface area contributed by atoms with E-state index in [0.29, 0.717) is 0 Å². The van der Waals surface area contributed by atoms with E-state index in [4.69, 9.17) is 4.99 Å². The molecule has 3 heterocycles. The number of nitrogens with one attached hydrogen (secondary N) is 1. The van der Waals surface area contributed by atoms with Gasteiger partial charge in [-0.3, -0.25) is 0 Å². The van der Waals surface area contributed by atoms with Gasteiger partial charge in [-0.2, -0.15) is 0 Å². The number of likely N-dealkylation sites (tertiary alicyclic amines) is 1. The zero-order valence-corrected chi connectivity index (χ0v) is 17.6. The number of aliphatic imine (C=N–C) groups is 1. The van der Waals surface area contributed by atoms with Crippen LogP contribution in [-0.2, 0) is 0 Å². The first-order valence-corrected chi connectivity index (χ1v) is 9.89. The Labute approximate surface area is 154 Å². The largest absolute Gasteiger partial charge is 0.346 e. The van der Waals surface area contributed by atoms with Crippen LogP contribution in [0.2, 0.25) is 0 Å². The second-order valence-electron chi connectivity index (χ2n) is 10.9. The minimum atomic E-state index is 0.137. The Morgan fingerprint density at radius 3 is 1.92 bits per heavy atom. The highest BCUT2D eigenvalue weighted by Gasteiger charge is 2.43. The second kappa shape index (κ2) is 5.70. The summed E-state index contributed by atoms with van der Waals surface area (Å²) in [5.74, 6) is 1.16. The predicted molar refractivity (Wildman–Crippen MR) is 108 cm³/mol. The maximum Gasteiger partial charge on any atom is 0.130 e. The molecule has 3 heteroatoms. The Morgan fingerprint density at radius 1 is 0.880 bits per heavy atom. The molecule has 0 aromatic rings. The summed E-state index contributed by atoms with van der Waals surface area (Å²) in [6.45, 7) is 18.7. The summed E-state index contributed by atoms with van der Waals surface area (Å²) in [5, 5.41) is 3.78. The molecule has 2 saturated heterocycles. The molecule has 0 saturated carbocycles. The standard InChI is InChI=1S/C22H37N3/c1-19(2)13-17(14-20(3,4)24-19)16-12-18(23-15-16)25-21(5,6)10-9-11-22(25,7)8/h12,15,24H,9-11,13-14H2,1-8H3. The molecule has 2 fully saturated rings. The summed E-state index contributed by atoms with van der Waals surface area (Å²) >= 11 is 0. The maximum atomic E-state index is 4.89. The van der Waals surface area contributed by atoms with Crippen LogP contribution in [0.3, 0.4) is 0 Å². The first kappa shape index (κ1) is 18.7. The summed E-state index contributed by atoms with van der Waals surface area (Å²) in [5.41, 5.74) is 3.49. The van der Waals surface area contributed by atoms with Gasteiger partial charge in [0.15, 0.2) is 0 Å². The van der Waals surface area contributed by atoms with Crippen molar-refractivity contribution in [1.82, 2.24) is 10.2 Å². The Kier molecular flexibility index (Phi) is 4.27. The minimum absolute atomic E-state index is 0.137. The van der Waals surface area contributed by atoms with E-state index >= 15 is 0 Å². The summed E-state index contributed by atoms with van der Waals surface area (Å²) < 4.78 is 0. The Morgan fingerprint density at radius 2 is 1.40 bits per heavy atom. The summed E-state index contributed by atoms with van der Waals surface area (Å²) in [6, 6.07) is 0. The van der Waals surface area contributed by atoms with Gasteiger partial charge in [-0.15, -0.1) is 0 Å². The number of rotatable bonds is 1. The number of nitrogens with zero attached hydrogens (tertiary/aromatic N) is 2. The lowest BCUT2D eigenvalue weighted by molar-refractivity contribution is 0.00540. The van der Waals surface area contributed by atoms with Gasteiger partial charge in [0.25, 0.3) is 0 Å². The molecule has 0 radical (unpaired) electrons. The predicted octanol–water partition coefficient (Wildman–Crippen LogP) is 5.19. The average Bonchev–Trinajstić information content (AvgIpc) is 2.81. The third kappa shape index (κ3) is 3.72. The van der Waals surface area contributed by atoms with E-state index in [-0.39, 0.29) is 22.2 Å². The van der Waals surface area contributed by atoms with Crippen molar-refractivity contribution >= 4 is 6.21 Å². The molecule has 0 unspecified atom stereocenters. The highest BCUT2D eigenvalue weighted by atomic mass is 15.3. The molecule has 3 aliphatic heterocycles.